The van der Waals surface area contributed by atoms with Gasteiger partial charge in [-0.25, -0.2) is 0 Å². The number of hydrogen-bond donors (Lipinski definition) is 0. The predicted octanol–water partition coefficient (Wildman–Crippen LogP) is 7.51. The number of rotatable bonds is 7. The molecule has 3 aliphatic rings. The maximum absolute atomic E-state index is 9.96. The van der Waals surface area contributed by atoms with Crippen molar-refractivity contribution in [2.45, 2.75) is 110 Å². The zero-order chi connectivity index (χ0) is 17.7. The summed E-state index contributed by atoms with van der Waals surface area (Å²) < 4.78 is 0. The van der Waals surface area contributed by atoms with Crippen LogP contribution in [-0.4, -0.2) is 0 Å². The van der Waals surface area contributed by atoms with Crippen LogP contribution in [0.3, 0.4) is 0 Å². The maximum atomic E-state index is 9.96. The highest BCUT2D eigenvalue weighted by molar-refractivity contribution is 5.06. The number of unbranched alkanes of at least 4 members (excludes halogenated alkanes) is 3. The van der Waals surface area contributed by atoms with Crippen molar-refractivity contribution in [1.29, 1.82) is 5.26 Å². The quantitative estimate of drug-likeness (QED) is 0.439. The van der Waals surface area contributed by atoms with Crippen molar-refractivity contribution in [3.05, 3.63) is 0 Å². The predicted molar refractivity (Wildman–Crippen MR) is 106 cm³/mol. The smallest absolute Gasteiger partial charge is 0.0689 e. The van der Waals surface area contributed by atoms with E-state index >= 15 is 0 Å². The summed E-state index contributed by atoms with van der Waals surface area (Å²) in [6.07, 6.45) is 20.5. The third-order valence-electron chi connectivity index (χ3n) is 8.27. The minimum absolute atomic E-state index is 0.0428. The van der Waals surface area contributed by atoms with Crippen molar-refractivity contribution in [2.75, 3.05) is 0 Å². The summed E-state index contributed by atoms with van der Waals surface area (Å²) in [4.78, 5) is 0. The highest BCUT2D eigenvalue weighted by Crippen LogP contribution is 2.57. The van der Waals surface area contributed by atoms with Gasteiger partial charge in [0, 0.05) is 0 Å². The van der Waals surface area contributed by atoms with Crippen molar-refractivity contribution in [3.8, 4) is 6.07 Å². The Morgan fingerprint density at radius 3 is 2.44 bits per heavy atom. The van der Waals surface area contributed by atoms with Gasteiger partial charge in [0.1, 0.15) is 0 Å². The largest absolute Gasteiger partial charge is 0.198 e. The van der Waals surface area contributed by atoms with Gasteiger partial charge in [-0.15, -0.1) is 0 Å². The molecule has 25 heavy (non-hydrogen) atoms. The average molecular weight is 344 g/mol. The standard InChI is InChI=1S/C24H41N/c1-3-5-6-7-14-24(18-25)15-13-23-21(17-24)11-10-20-16-19(8-4-2)9-12-22(20)23/h19-23H,3-17H2,1-2H3. The Bertz CT molecular complexity index is 450. The highest BCUT2D eigenvalue weighted by atomic mass is 14.5. The van der Waals surface area contributed by atoms with E-state index in [0.717, 1.165) is 29.6 Å². The maximum Gasteiger partial charge on any atom is 0.0689 e. The van der Waals surface area contributed by atoms with Crippen LogP contribution in [0.2, 0.25) is 0 Å². The van der Waals surface area contributed by atoms with Crippen LogP contribution in [0, 0.1) is 46.3 Å². The zero-order valence-corrected chi connectivity index (χ0v) is 16.9. The molecule has 3 rings (SSSR count). The second kappa shape index (κ2) is 8.92. The first-order valence-electron chi connectivity index (χ1n) is 11.6. The summed E-state index contributed by atoms with van der Waals surface area (Å²) in [7, 11) is 0. The van der Waals surface area contributed by atoms with Crippen LogP contribution in [0.5, 0.6) is 0 Å². The fraction of sp³-hybridized carbons (Fsp3) is 0.958. The van der Waals surface area contributed by atoms with Gasteiger partial charge in [-0.3, -0.25) is 0 Å². The van der Waals surface area contributed by atoms with Gasteiger partial charge in [0.15, 0.2) is 0 Å². The summed E-state index contributed by atoms with van der Waals surface area (Å²) in [6, 6.07) is 2.82. The molecule has 3 saturated carbocycles. The van der Waals surface area contributed by atoms with E-state index in [0.29, 0.717) is 0 Å². The summed E-state index contributed by atoms with van der Waals surface area (Å²) in [6.45, 7) is 4.63. The monoisotopic (exact) mass is 343 g/mol. The Labute approximate surface area is 157 Å². The van der Waals surface area contributed by atoms with Gasteiger partial charge in [-0.2, -0.15) is 5.26 Å². The van der Waals surface area contributed by atoms with Crippen LogP contribution >= 0.6 is 0 Å². The molecule has 1 nitrogen and oxygen atoms in total. The number of fused-ring (bicyclic) bond motifs is 3. The second-order valence-corrected chi connectivity index (χ2v) is 9.84. The van der Waals surface area contributed by atoms with E-state index in [4.69, 9.17) is 0 Å². The molecule has 1 heteroatoms. The summed E-state index contributed by atoms with van der Waals surface area (Å²) >= 11 is 0. The molecular weight excluding hydrogens is 302 g/mol. The van der Waals surface area contributed by atoms with Crippen molar-refractivity contribution < 1.29 is 0 Å². The molecule has 6 atom stereocenters. The van der Waals surface area contributed by atoms with E-state index in [-0.39, 0.29) is 5.41 Å². The topological polar surface area (TPSA) is 23.8 Å². The Kier molecular flexibility index (Phi) is 6.87. The van der Waals surface area contributed by atoms with Crippen LogP contribution in [0.15, 0.2) is 0 Å². The molecule has 0 aliphatic heterocycles. The van der Waals surface area contributed by atoms with E-state index in [1.165, 1.54) is 96.3 Å². The minimum Gasteiger partial charge on any atom is -0.198 e. The molecule has 0 N–H and O–H groups in total. The number of hydrogen-bond acceptors (Lipinski definition) is 1. The molecule has 0 amide bonds. The molecule has 0 saturated heterocycles. The van der Waals surface area contributed by atoms with E-state index in [9.17, 15) is 5.26 Å². The van der Waals surface area contributed by atoms with Crippen LogP contribution < -0.4 is 0 Å². The fourth-order valence-electron chi connectivity index (χ4n) is 6.97. The van der Waals surface area contributed by atoms with E-state index < -0.39 is 0 Å². The lowest BCUT2D eigenvalue weighted by molar-refractivity contribution is -0.0180. The highest BCUT2D eigenvalue weighted by Gasteiger charge is 2.48. The van der Waals surface area contributed by atoms with Crippen LogP contribution in [-0.2, 0) is 0 Å². The Morgan fingerprint density at radius 1 is 0.880 bits per heavy atom. The number of nitriles is 1. The lowest BCUT2D eigenvalue weighted by Crippen LogP contribution is -2.44. The first kappa shape index (κ1) is 19.3. The zero-order valence-electron chi connectivity index (χ0n) is 16.9. The fourth-order valence-corrected chi connectivity index (χ4v) is 6.97. The SMILES string of the molecule is CCCCCCC1(C#N)CCC2C(CCC3CC(CCC)CCC32)C1. The normalized spacial score (nSPS) is 40.8. The van der Waals surface area contributed by atoms with Gasteiger partial charge in [0.2, 0.25) is 0 Å². The summed E-state index contributed by atoms with van der Waals surface area (Å²) in [5, 5.41) is 9.96. The van der Waals surface area contributed by atoms with Gasteiger partial charge < -0.3 is 0 Å². The van der Waals surface area contributed by atoms with E-state index in [1.807, 2.05) is 0 Å². The van der Waals surface area contributed by atoms with Gasteiger partial charge in [-0.05, 0) is 81.0 Å². The van der Waals surface area contributed by atoms with Crippen LogP contribution in [0.1, 0.15) is 110 Å². The first-order valence-corrected chi connectivity index (χ1v) is 11.6. The van der Waals surface area contributed by atoms with Gasteiger partial charge in [0.25, 0.3) is 0 Å². The van der Waals surface area contributed by atoms with E-state index in [1.54, 1.807) is 0 Å². The van der Waals surface area contributed by atoms with Crippen molar-refractivity contribution >= 4 is 0 Å². The summed E-state index contributed by atoms with van der Waals surface area (Å²) in [5.41, 5.74) is 0.0428. The summed E-state index contributed by atoms with van der Waals surface area (Å²) in [5.74, 6) is 4.93. The Hall–Kier alpha value is -0.510. The number of nitrogens with zero attached hydrogens (tertiary/aromatic N) is 1. The van der Waals surface area contributed by atoms with E-state index in [2.05, 4.69) is 19.9 Å². The Balaban J connectivity index is 1.56. The van der Waals surface area contributed by atoms with Gasteiger partial charge in [0.05, 0.1) is 11.5 Å². The molecule has 0 bridgehead atoms. The average Bonchev–Trinajstić information content (AvgIpc) is 2.65. The lowest BCUT2D eigenvalue weighted by Gasteiger charge is -2.52. The third-order valence-corrected chi connectivity index (χ3v) is 8.27. The lowest BCUT2D eigenvalue weighted by atomic mass is 9.52. The van der Waals surface area contributed by atoms with Crippen molar-refractivity contribution in [2.24, 2.45) is 35.0 Å². The molecule has 3 aliphatic carbocycles. The molecule has 3 fully saturated rings. The molecule has 6 unspecified atom stereocenters. The second-order valence-electron chi connectivity index (χ2n) is 9.84. The van der Waals surface area contributed by atoms with Crippen molar-refractivity contribution in [1.82, 2.24) is 0 Å². The third kappa shape index (κ3) is 4.43. The molecule has 0 aromatic rings. The van der Waals surface area contributed by atoms with Gasteiger partial charge >= 0.3 is 0 Å². The molecule has 0 radical (unpaired) electrons. The molecule has 0 heterocycles. The molecule has 142 valence electrons. The molecule has 0 aromatic carbocycles. The minimum atomic E-state index is 0.0428. The van der Waals surface area contributed by atoms with Crippen LogP contribution in [0.25, 0.3) is 0 Å². The molecule has 0 spiro atoms. The molecule has 0 aromatic heterocycles. The first-order chi connectivity index (χ1) is 12.2. The Morgan fingerprint density at radius 2 is 1.68 bits per heavy atom. The van der Waals surface area contributed by atoms with Crippen LogP contribution in [0.4, 0.5) is 0 Å². The van der Waals surface area contributed by atoms with Gasteiger partial charge in [-0.1, -0.05) is 58.8 Å². The van der Waals surface area contributed by atoms with Crippen molar-refractivity contribution in [3.63, 3.8) is 0 Å². The molecular formula is C24H41N.